The third kappa shape index (κ3) is 7.94. The van der Waals surface area contributed by atoms with Gasteiger partial charge in [-0.1, -0.05) is 56.9 Å². The molecule has 5 nitrogen and oxygen atoms in total. The maximum Gasteiger partial charge on any atom is 0.397 e. The van der Waals surface area contributed by atoms with E-state index < -0.39 is 10.4 Å². The summed E-state index contributed by atoms with van der Waals surface area (Å²) in [5.41, 5.74) is 1.19. The summed E-state index contributed by atoms with van der Waals surface area (Å²) in [6, 6.07) is 6.54. The second kappa shape index (κ2) is 8.92. The van der Waals surface area contributed by atoms with Gasteiger partial charge in [-0.2, -0.15) is 8.42 Å². The van der Waals surface area contributed by atoms with Crippen molar-refractivity contribution in [2.45, 2.75) is 52.1 Å². The maximum absolute atomic E-state index is 11.9. The molecular formula is C15H22O5S. The summed E-state index contributed by atoms with van der Waals surface area (Å²) in [4.78, 5) is 11.9. The van der Waals surface area contributed by atoms with Crippen molar-refractivity contribution in [3.8, 4) is 0 Å². The van der Waals surface area contributed by atoms with Gasteiger partial charge in [0.05, 0.1) is 6.61 Å². The smallest absolute Gasteiger partial charge is 0.294 e. The number of carbonyl (C=O) groups is 1. The fourth-order valence-corrected chi connectivity index (χ4v) is 2.25. The first-order valence-corrected chi connectivity index (χ1v) is 8.53. The second-order valence-corrected chi connectivity index (χ2v) is 6.07. The number of hydrogen-bond donors (Lipinski definition) is 1. The molecule has 0 heterocycles. The predicted molar refractivity (Wildman–Crippen MR) is 80.5 cm³/mol. The molecule has 0 atom stereocenters. The van der Waals surface area contributed by atoms with Crippen LogP contribution in [0.5, 0.6) is 0 Å². The number of ketones is 1. The van der Waals surface area contributed by atoms with Gasteiger partial charge in [0.2, 0.25) is 0 Å². The van der Waals surface area contributed by atoms with Crippen molar-refractivity contribution >= 4 is 16.2 Å². The van der Waals surface area contributed by atoms with Crippen LogP contribution in [0.3, 0.4) is 0 Å². The maximum atomic E-state index is 11.9. The zero-order chi connectivity index (χ0) is 15.7. The van der Waals surface area contributed by atoms with Gasteiger partial charge in [0.15, 0.2) is 5.78 Å². The molecule has 0 aliphatic heterocycles. The fraction of sp³-hybridized carbons (Fsp3) is 0.533. The van der Waals surface area contributed by atoms with Crippen LogP contribution in [0.15, 0.2) is 24.3 Å². The molecule has 0 saturated carbocycles. The molecule has 0 aliphatic carbocycles. The van der Waals surface area contributed by atoms with E-state index in [0.29, 0.717) is 17.5 Å². The standard InChI is InChI=1S/C15H22O5S/c1-2-3-4-5-6-7-15(16)14-10-8-13(9-11-14)12-20-21(17,18)19/h8-11H,2-7,12H2,1H3,(H,17,18,19). The van der Waals surface area contributed by atoms with Gasteiger partial charge in [-0.3, -0.25) is 9.35 Å². The Morgan fingerprint density at radius 2 is 1.71 bits per heavy atom. The lowest BCUT2D eigenvalue weighted by atomic mass is 10.0. The normalized spacial score (nSPS) is 11.5. The lowest BCUT2D eigenvalue weighted by Gasteiger charge is -2.04. The Labute approximate surface area is 126 Å². The van der Waals surface area contributed by atoms with Gasteiger partial charge in [-0.15, -0.1) is 0 Å². The van der Waals surface area contributed by atoms with Crippen LogP contribution in [0, 0.1) is 0 Å². The van der Waals surface area contributed by atoms with Crippen molar-refractivity contribution in [2.24, 2.45) is 0 Å². The minimum absolute atomic E-state index is 0.0914. The lowest BCUT2D eigenvalue weighted by Crippen LogP contribution is -2.04. The molecule has 0 radical (unpaired) electrons. The van der Waals surface area contributed by atoms with Gasteiger partial charge in [-0.05, 0) is 12.0 Å². The number of hydrogen-bond acceptors (Lipinski definition) is 4. The van der Waals surface area contributed by atoms with Crippen molar-refractivity contribution < 1.29 is 21.9 Å². The topological polar surface area (TPSA) is 80.7 Å². The van der Waals surface area contributed by atoms with Crippen LogP contribution in [-0.4, -0.2) is 18.8 Å². The van der Waals surface area contributed by atoms with Crippen LogP contribution < -0.4 is 0 Å². The van der Waals surface area contributed by atoms with Crippen molar-refractivity contribution in [3.63, 3.8) is 0 Å². The minimum atomic E-state index is -4.44. The Morgan fingerprint density at radius 1 is 1.10 bits per heavy atom. The minimum Gasteiger partial charge on any atom is -0.294 e. The molecule has 118 valence electrons. The van der Waals surface area contributed by atoms with E-state index in [0.717, 1.165) is 19.3 Å². The average molecular weight is 314 g/mol. The molecule has 0 bridgehead atoms. The SMILES string of the molecule is CCCCCCCC(=O)c1ccc(COS(=O)(=O)O)cc1. The highest BCUT2D eigenvalue weighted by Gasteiger charge is 2.07. The van der Waals surface area contributed by atoms with E-state index in [1.54, 1.807) is 24.3 Å². The summed E-state index contributed by atoms with van der Waals surface area (Å²) in [6.45, 7) is 1.91. The van der Waals surface area contributed by atoms with Crippen molar-refractivity contribution in [2.75, 3.05) is 0 Å². The Hall–Kier alpha value is -1.24. The molecule has 0 fully saturated rings. The van der Waals surface area contributed by atoms with Crippen LogP contribution in [-0.2, 0) is 21.2 Å². The zero-order valence-corrected chi connectivity index (χ0v) is 13.1. The molecule has 21 heavy (non-hydrogen) atoms. The molecular weight excluding hydrogens is 292 g/mol. The monoisotopic (exact) mass is 314 g/mol. The Bertz CT molecular complexity index is 534. The summed E-state index contributed by atoms with van der Waals surface area (Å²) in [5, 5.41) is 0. The van der Waals surface area contributed by atoms with Crippen LogP contribution >= 0.6 is 0 Å². The first-order valence-electron chi connectivity index (χ1n) is 7.16. The van der Waals surface area contributed by atoms with E-state index in [4.69, 9.17) is 4.55 Å². The molecule has 0 amide bonds. The van der Waals surface area contributed by atoms with Gasteiger partial charge in [0.25, 0.3) is 0 Å². The highest BCUT2D eigenvalue weighted by molar-refractivity contribution is 7.80. The third-order valence-corrected chi connectivity index (χ3v) is 3.57. The number of Topliss-reactive ketones (excluding diaryl/α,β-unsaturated/α-hetero) is 1. The summed E-state index contributed by atoms with van der Waals surface area (Å²) in [6.07, 6.45) is 6.05. The molecule has 1 aromatic rings. The summed E-state index contributed by atoms with van der Waals surface area (Å²) in [5.74, 6) is 0.0914. The third-order valence-electron chi connectivity index (χ3n) is 3.16. The molecule has 1 N–H and O–H groups in total. The lowest BCUT2D eigenvalue weighted by molar-refractivity contribution is 0.0979. The van der Waals surface area contributed by atoms with Gasteiger partial charge >= 0.3 is 10.4 Å². The van der Waals surface area contributed by atoms with Crippen LogP contribution in [0.2, 0.25) is 0 Å². The molecule has 0 saturated heterocycles. The Kier molecular flexibility index (Phi) is 7.56. The number of unbranched alkanes of at least 4 members (excludes halogenated alkanes) is 4. The van der Waals surface area contributed by atoms with Crippen molar-refractivity contribution in [1.29, 1.82) is 0 Å². The highest BCUT2D eigenvalue weighted by Crippen LogP contribution is 2.12. The largest absolute Gasteiger partial charge is 0.397 e. The van der Waals surface area contributed by atoms with Crippen LogP contribution in [0.1, 0.15) is 61.4 Å². The van der Waals surface area contributed by atoms with Gasteiger partial charge in [0, 0.05) is 12.0 Å². The van der Waals surface area contributed by atoms with Gasteiger partial charge in [-0.25, -0.2) is 4.18 Å². The quantitative estimate of drug-likeness (QED) is 0.406. The summed E-state index contributed by atoms with van der Waals surface area (Å²) < 4.78 is 33.6. The first-order chi connectivity index (χ1) is 9.92. The Balaban J connectivity index is 2.40. The van der Waals surface area contributed by atoms with Crippen molar-refractivity contribution in [1.82, 2.24) is 0 Å². The molecule has 1 aromatic carbocycles. The van der Waals surface area contributed by atoms with Crippen molar-refractivity contribution in [3.05, 3.63) is 35.4 Å². The van der Waals surface area contributed by atoms with Gasteiger partial charge < -0.3 is 0 Å². The number of benzene rings is 1. The summed E-state index contributed by atoms with van der Waals surface area (Å²) >= 11 is 0. The summed E-state index contributed by atoms with van der Waals surface area (Å²) in [7, 11) is -4.44. The number of carbonyl (C=O) groups excluding carboxylic acids is 1. The Morgan fingerprint density at radius 3 is 2.29 bits per heavy atom. The second-order valence-electron chi connectivity index (χ2n) is 4.97. The van der Waals surface area contributed by atoms with E-state index in [-0.39, 0.29) is 12.4 Å². The van der Waals surface area contributed by atoms with Gasteiger partial charge in [0.1, 0.15) is 0 Å². The zero-order valence-electron chi connectivity index (χ0n) is 12.2. The van der Waals surface area contributed by atoms with Crippen LogP contribution in [0.4, 0.5) is 0 Å². The molecule has 0 aliphatic rings. The van der Waals surface area contributed by atoms with E-state index in [9.17, 15) is 13.2 Å². The predicted octanol–water partition coefficient (Wildman–Crippen LogP) is 3.55. The molecule has 0 spiro atoms. The molecule has 6 heteroatoms. The first kappa shape index (κ1) is 17.8. The average Bonchev–Trinajstić information content (AvgIpc) is 2.44. The highest BCUT2D eigenvalue weighted by atomic mass is 32.3. The van der Waals surface area contributed by atoms with E-state index in [2.05, 4.69) is 11.1 Å². The molecule has 1 rings (SSSR count). The fourth-order valence-electron chi connectivity index (χ4n) is 1.96. The van der Waals surface area contributed by atoms with E-state index in [1.807, 2.05) is 0 Å². The molecule has 0 aromatic heterocycles. The van der Waals surface area contributed by atoms with E-state index in [1.165, 1.54) is 12.8 Å². The van der Waals surface area contributed by atoms with E-state index >= 15 is 0 Å². The number of rotatable bonds is 10. The van der Waals surface area contributed by atoms with Crippen LogP contribution in [0.25, 0.3) is 0 Å². The molecule has 0 unspecified atom stereocenters.